The Labute approximate surface area is 116 Å². The summed E-state index contributed by atoms with van der Waals surface area (Å²) in [6, 6.07) is 0. The molecule has 1 amide bonds. The summed E-state index contributed by atoms with van der Waals surface area (Å²) in [6.07, 6.45) is 6.57. The van der Waals surface area contributed by atoms with E-state index in [0.29, 0.717) is 18.9 Å². The Morgan fingerprint density at radius 1 is 1.42 bits per heavy atom. The Balaban J connectivity index is 2.10. The molecule has 0 aromatic carbocycles. The Hall–Kier alpha value is -0.870. The molecule has 1 unspecified atom stereocenters. The molecule has 0 fully saturated rings. The molecule has 1 atom stereocenters. The van der Waals surface area contributed by atoms with Gasteiger partial charge in [-0.05, 0) is 31.6 Å². The average Bonchev–Trinajstić information content (AvgIpc) is 2.37. The number of hydrogen-bond donors (Lipinski definition) is 2. The molecule has 110 valence electrons. The quantitative estimate of drug-likeness (QED) is 0.663. The SMILES string of the molecule is CC(C)COCC(O)CNC(=O)CC1=CCCCC1. The first-order valence-electron chi connectivity index (χ1n) is 7.28. The van der Waals surface area contributed by atoms with Crippen LogP contribution in [0.25, 0.3) is 0 Å². The van der Waals surface area contributed by atoms with Crippen LogP contribution in [0.5, 0.6) is 0 Å². The third-order valence-corrected chi connectivity index (χ3v) is 3.07. The van der Waals surface area contributed by atoms with Gasteiger partial charge in [0.25, 0.3) is 0 Å². The summed E-state index contributed by atoms with van der Waals surface area (Å²) in [4.78, 5) is 11.7. The summed E-state index contributed by atoms with van der Waals surface area (Å²) in [5, 5.41) is 12.4. The minimum absolute atomic E-state index is 0.00365. The maximum Gasteiger partial charge on any atom is 0.224 e. The van der Waals surface area contributed by atoms with Crippen molar-refractivity contribution in [1.29, 1.82) is 0 Å². The first kappa shape index (κ1) is 16.2. The highest BCUT2D eigenvalue weighted by Crippen LogP contribution is 2.19. The number of carbonyl (C=O) groups is 1. The van der Waals surface area contributed by atoms with Gasteiger partial charge in [0.2, 0.25) is 5.91 Å². The van der Waals surface area contributed by atoms with Gasteiger partial charge >= 0.3 is 0 Å². The van der Waals surface area contributed by atoms with Crippen molar-refractivity contribution >= 4 is 5.91 Å². The molecule has 0 bridgehead atoms. The number of nitrogens with one attached hydrogen (secondary N) is 1. The number of hydrogen-bond acceptors (Lipinski definition) is 3. The zero-order valence-corrected chi connectivity index (χ0v) is 12.2. The summed E-state index contributed by atoms with van der Waals surface area (Å²) in [5.41, 5.74) is 1.23. The van der Waals surface area contributed by atoms with Crippen molar-refractivity contribution in [2.75, 3.05) is 19.8 Å². The average molecular weight is 269 g/mol. The molecule has 19 heavy (non-hydrogen) atoms. The van der Waals surface area contributed by atoms with E-state index in [4.69, 9.17) is 4.74 Å². The molecule has 0 aromatic heterocycles. The highest BCUT2D eigenvalue weighted by molar-refractivity contribution is 5.78. The van der Waals surface area contributed by atoms with E-state index in [1.54, 1.807) is 0 Å². The van der Waals surface area contributed by atoms with Crippen LogP contribution in [0, 0.1) is 5.92 Å². The van der Waals surface area contributed by atoms with Gasteiger partial charge in [0.15, 0.2) is 0 Å². The van der Waals surface area contributed by atoms with E-state index in [1.165, 1.54) is 18.4 Å². The molecule has 0 aliphatic heterocycles. The van der Waals surface area contributed by atoms with E-state index in [0.717, 1.165) is 12.8 Å². The zero-order chi connectivity index (χ0) is 14.1. The number of allylic oxidation sites excluding steroid dienone is 1. The first-order valence-corrected chi connectivity index (χ1v) is 7.28. The first-order chi connectivity index (χ1) is 9.08. The molecule has 0 heterocycles. The predicted octanol–water partition coefficient (Wildman–Crippen LogP) is 2.03. The molecule has 4 nitrogen and oxygen atoms in total. The molecule has 0 aromatic rings. The molecule has 2 N–H and O–H groups in total. The molecular formula is C15H27NO3. The molecule has 0 radical (unpaired) electrons. The van der Waals surface area contributed by atoms with Crippen molar-refractivity contribution < 1.29 is 14.6 Å². The van der Waals surface area contributed by atoms with Crippen molar-refractivity contribution in [2.24, 2.45) is 5.92 Å². The van der Waals surface area contributed by atoms with E-state index in [2.05, 4.69) is 25.2 Å². The van der Waals surface area contributed by atoms with Gasteiger partial charge in [0.1, 0.15) is 0 Å². The van der Waals surface area contributed by atoms with Crippen LogP contribution in [-0.4, -0.2) is 36.9 Å². The molecule has 0 saturated heterocycles. The zero-order valence-electron chi connectivity index (χ0n) is 12.2. The lowest BCUT2D eigenvalue weighted by Crippen LogP contribution is -2.35. The van der Waals surface area contributed by atoms with Gasteiger partial charge in [-0.1, -0.05) is 25.5 Å². The second-order valence-corrected chi connectivity index (χ2v) is 5.67. The van der Waals surface area contributed by atoms with E-state index in [-0.39, 0.29) is 19.1 Å². The summed E-state index contributed by atoms with van der Waals surface area (Å²) >= 11 is 0. The van der Waals surface area contributed by atoms with Gasteiger partial charge in [-0.3, -0.25) is 4.79 Å². The highest BCUT2D eigenvalue weighted by atomic mass is 16.5. The molecule has 4 heteroatoms. The standard InChI is InChI=1S/C15H27NO3/c1-12(2)10-19-11-14(17)9-16-15(18)8-13-6-4-3-5-7-13/h6,12,14,17H,3-5,7-11H2,1-2H3,(H,16,18). The molecule has 1 aliphatic rings. The topological polar surface area (TPSA) is 58.6 Å². The van der Waals surface area contributed by atoms with Crippen LogP contribution in [0.4, 0.5) is 0 Å². The summed E-state index contributed by atoms with van der Waals surface area (Å²) in [6.45, 7) is 5.31. The normalized spacial score (nSPS) is 17.2. The van der Waals surface area contributed by atoms with Crippen LogP contribution in [0.1, 0.15) is 46.0 Å². The minimum atomic E-state index is -0.622. The largest absolute Gasteiger partial charge is 0.389 e. The fraction of sp³-hybridized carbons (Fsp3) is 0.800. The lowest BCUT2D eigenvalue weighted by atomic mass is 9.97. The number of ether oxygens (including phenoxy) is 1. The van der Waals surface area contributed by atoms with E-state index in [9.17, 15) is 9.90 Å². The van der Waals surface area contributed by atoms with E-state index >= 15 is 0 Å². The molecule has 0 spiro atoms. The lowest BCUT2D eigenvalue weighted by Gasteiger charge is -2.15. The van der Waals surface area contributed by atoms with Gasteiger partial charge in [0, 0.05) is 19.6 Å². The Morgan fingerprint density at radius 2 is 2.21 bits per heavy atom. The summed E-state index contributed by atoms with van der Waals surface area (Å²) in [7, 11) is 0. The van der Waals surface area contributed by atoms with Crippen molar-refractivity contribution in [3.63, 3.8) is 0 Å². The molecule has 0 saturated carbocycles. The number of aliphatic hydroxyl groups excluding tert-OH is 1. The number of carbonyl (C=O) groups excluding carboxylic acids is 1. The van der Waals surface area contributed by atoms with Crippen LogP contribution in [0.15, 0.2) is 11.6 Å². The number of aliphatic hydroxyl groups is 1. The lowest BCUT2D eigenvalue weighted by molar-refractivity contribution is -0.121. The third-order valence-electron chi connectivity index (χ3n) is 3.07. The van der Waals surface area contributed by atoms with Crippen molar-refractivity contribution in [1.82, 2.24) is 5.32 Å². The van der Waals surface area contributed by atoms with Crippen LogP contribution in [-0.2, 0) is 9.53 Å². The maximum absolute atomic E-state index is 11.7. The molecule has 1 rings (SSSR count). The number of rotatable bonds is 8. The summed E-state index contributed by atoms with van der Waals surface area (Å²) in [5.74, 6) is 0.455. The maximum atomic E-state index is 11.7. The Bertz CT molecular complexity index is 300. The predicted molar refractivity (Wildman–Crippen MR) is 75.8 cm³/mol. The van der Waals surface area contributed by atoms with Gasteiger partial charge in [-0.2, -0.15) is 0 Å². The highest BCUT2D eigenvalue weighted by Gasteiger charge is 2.11. The second kappa shape index (κ2) is 9.10. The smallest absolute Gasteiger partial charge is 0.224 e. The Morgan fingerprint density at radius 3 is 2.84 bits per heavy atom. The van der Waals surface area contributed by atoms with Gasteiger partial charge in [0.05, 0.1) is 12.7 Å². The van der Waals surface area contributed by atoms with E-state index < -0.39 is 6.10 Å². The number of amides is 1. The van der Waals surface area contributed by atoms with Gasteiger partial charge < -0.3 is 15.2 Å². The van der Waals surface area contributed by atoms with Crippen LogP contribution in [0.2, 0.25) is 0 Å². The molecular weight excluding hydrogens is 242 g/mol. The Kier molecular flexibility index (Phi) is 7.75. The van der Waals surface area contributed by atoms with Crippen molar-refractivity contribution in [2.45, 2.75) is 52.1 Å². The van der Waals surface area contributed by atoms with Crippen LogP contribution < -0.4 is 5.32 Å². The fourth-order valence-corrected chi connectivity index (χ4v) is 2.06. The van der Waals surface area contributed by atoms with Gasteiger partial charge in [-0.15, -0.1) is 0 Å². The minimum Gasteiger partial charge on any atom is -0.389 e. The monoisotopic (exact) mass is 269 g/mol. The third kappa shape index (κ3) is 8.01. The fourth-order valence-electron chi connectivity index (χ4n) is 2.06. The van der Waals surface area contributed by atoms with Crippen LogP contribution >= 0.6 is 0 Å². The van der Waals surface area contributed by atoms with Crippen LogP contribution in [0.3, 0.4) is 0 Å². The van der Waals surface area contributed by atoms with Crippen molar-refractivity contribution in [3.05, 3.63) is 11.6 Å². The van der Waals surface area contributed by atoms with Crippen molar-refractivity contribution in [3.8, 4) is 0 Å². The molecule has 1 aliphatic carbocycles. The van der Waals surface area contributed by atoms with Gasteiger partial charge in [-0.25, -0.2) is 0 Å². The summed E-state index contributed by atoms with van der Waals surface area (Å²) < 4.78 is 5.33. The second-order valence-electron chi connectivity index (χ2n) is 5.67. The van der Waals surface area contributed by atoms with E-state index in [1.807, 2.05) is 0 Å².